The molecule has 3 heteroatoms. The summed E-state index contributed by atoms with van der Waals surface area (Å²) >= 11 is 0. The summed E-state index contributed by atoms with van der Waals surface area (Å²) in [5, 5.41) is 9.22. The van der Waals surface area contributed by atoms with Gasteiger partial charge >= 0.3 is 0 Å². The Kier molecular flexibility index (Phi) is 4.40. The molecule has 1 atom stereocenters. The van der Waals surface area contributed by atoms with E-state index in [1.807, 2.05) is 18.2 Å². The molecule has 1 saturated heterocycles. The van der Waals surface area contributed by atoms with Crippen LogP contribution >= 0.6 is 0 Å². The molecular weight excluding hydrogens is 214 g/mol. The van der Waals surface area contributed by atoms with E-state index in [-0.39, 0.29) is 0 Å². The Labute approximate surface area is 103 Å². The van der Waals surface area contributed by atoms with E-state index in [2.05, 4.69) is 11.0 Å². The number of para-hydroxylation sites is 1. The highest BCUT2D eigenvalue weighted by molar-refractivity contribution is 5.33. The molecule has 1 aliphatic heterocycles. The Morgan fingerprint density at radius 2 is 2.24 bits per heavy atom. The maximum Gasteiger partial charge on any atom is 0.123 e. The van der Waals surface area contributed by atoms with Gasteiger partial charge in [0, 0.05) is 25.3 Å². The van der Waals surface area contributed by atoms with Gasteiger partial charge in [0.25, 0.3) is 0 Å². The highest BCUT2D eigenvalue weighted by atomic mass is 16.5. The summed E-state index contributed by atoms with van der Waals surface area (Å²) in [5.41, 5.74) is 1.23. The largest absolute Gasteiger partial charge is 0.496 e. The molecule has 17 heavy (non-hydrogen) atoms. The van der Waals surface area contributed by atoms with E-state index in [1.54, 1.807) is 7.11 Å². The zero-order valence-corrected chi connectivity index (χ0v) is 10.4. The number of rotatable bonds is 4. The molecule has 1 heterocycles. The van der Waals surface area contributed by atoms with Crippen LogP contribution in [0.2, 0.25) is 0 Å². The van der Waals surface area contributed by atoms with Crippen LogP contribution in [0.1, 0.15) is 18.4 Å². The molecule has 0 saturated carbocycles. The molecule has 0 aliphatic carbocycles. The van der Waals surface area contributed by atoms with Gasteiger partial charge in [0.05, 0.1) is 7.11 Å². The van der Waals surface area contributed by atoms with Crippen molar-refractivity contribution in [2.75, 3.05) is 26.8 Å². The summed E-state index contributed by atoms with van der Waals surface area (Å²) in [6.07, 6.45) is 2.33. The van der Waals surface area contributed by atoms with E-state index >= 15 is 0 Å². The van der Waals surface area contributed by atoms with Gasteiger partial charge in [-0.05, 0) is 31.4 Å². The van der Waals surface area contributed by atoms with Crippen LogP contribution in [-0.4, -0.2) is 36.8 Å². The molecule has 0 radical (unpaired) electrons. The number of hydrogen-bond donors (Lipinski definition) is 1. The molecule has 1 aliphatic rings. The Morgan fingerprint density at radius 3 is 3.00 bits per heavy atom. The van der Waals surface area contributed by atoms with Gasteiger partial charge in [-0.1, -0.05) is 18.2 Å². The third kappa shape index (κ3) is 3.20. The van der Waals surface area contributed by atoms with Crippen LogP contribution in [0.15, 0.2) is 24.3 Å². The highest BCUT2D eigenvalue weighted by Gasteiger charge is 2.19. The summed E-state index contributed by atoms with van der Waals surface area (Å²) in [7, 11) is 1.71. The van der Waals surface area contributed by atoms with Gasteiger partial charge in [0.1, 0.15) is 5.75 Å². The molecule has 0 bridgehead atoms. The first-order valence-corrected chi connectivity index (χ1v) is 6.28. The van der Waals surface area contributed by atoms with Crippen molar-refractivity contribution in [3.05, 3.63) is 29.8 Å². The van der Waals surface area contributed by atoms with Gasteiger partial charge in [-0.2, -0.15) is 0 Å². The molecule has 3 nitrogen and oxygen atoms in total. The van der Waals surface area contributed by atoms with Crippen molar-refractivity contribution in [2.24, 2.45) is 5.92 Å². The number of piperidine rings is 1. The van der Waals surface area contributed by atoms with Crippen molar-refractivity contribution in [1.82, 2.24) is 4.90 Å². The summed E-state index contributed by atoms with van der Waals surface area (Å²) < 4.78 is 5.36. The Bertz CT molecular complexity index is 354. The lowest BCUT2D eigenvalue weighted by Gasteiger charge is -2.32. The minimum atomic E-state index is 0.308. The molecule has 1 aromatic rings. The van der Waals surface area contributed by atoms with Gasteiger partial charge < -0.3 is 9.84 Å². The standard InChI is InChI=1S/C14H21NO2/c1-17-14-7-3-2-6-13(14)10-15-8-4-5-12(9-15)11-16/h2-3,6-7,12,16H,4-5,8-11H2,1H3/t12-/m0/s1. The molecule has 0 unspecified atom stereocenters. The molecule has 1 fully saturated rings. The maximum absolute atomic E-state index is 9.22. The Morgan fingerprint density at radius 1 is 1.41 bits per heavy atom. The first-order valence-electron chi connectivity index (χ1n) is 6.28. The fourth-order valence-corrected chi connectivity index (χ4v) is 2.52. The van der Waals surface area contributed by atoms with E-state index < -0.39 is 0 Å². The third-order valence-electron chi connectivity index (χ3n) is 3.45. The minimum absolute atomic E-state index is 0.308. The SMILES string of the molecule is COc1ccccc1CN1CCC[C@H](CO)C1. The van der Waals surface area contributed by atoms with Crippen LogP contribution in [0, 0.1) is 5.92 Å². The Hall–Kier alpha value is -1.06. The van der Waals surface area contributed by atoms with Gasteiger partial charge in [0.2, 0.25) is 0 Å². The Balaban J connectivity index is 2.00. The van der Waals surface area contributed by atoms with Crippen molar-refractivity contribution in [3.63, 3.8) is 0 Å². The summed E-state index contributed by atoms with van der Waals surface area (Å²) in [6.45, 7) is 3.34. The average molecular weight is 235 g/mol. The van der Waals surface area contributed by atoms with Crippen LogP contribution in [0.3, 0.4) is 0 Å². The van der Waals surface area contributed by atoms with Gasteiger partial charge in [-0.15, -0.1) is 0 Å². The van der Waals surface area contributed by atoms with Crippen LogP contribution in [0.25, 0.3) is 0 Å². The van der Waals surface area contributed by atoms with E-state index in [9.17, 15) is 5.11 Å². The first kappa shape index (κ1) is 12.4. The first-order chi connectivity index (χ1) is 8.33. The number of nitrogens with zero attached hydrogens (tertiary/aromatic N) is 1. The predicted octanol–water partition coefficient (Wildman–Crippen LogP) is 1.90. The molecular formula is C14H21NO2. The lowest BCUT2D eigenvalue weighted by Crippen LogP contribution is -2.36. The van der Waals surface area contributed by atoms with Crippen molar-refractivity contribution >= 4 is 0 Å². The fraction of sp³-hybridized carbons (Fsp3) is 0.571. The third-order valence-corrected chi connectivity index (χ3v) is 3.45. The second-order valence-corrected chi connectivity index (χ2v) is 4.74. The van der Waals surface area contributed by atoms with Gasteiger partial charge in [-0.3, -0.25) is 4.90 Å². The number of aliphatic hydroxyl groups excluding tert-OH is 1. The predicted molar refractivity (Wildman–Crippen MR) is 68.1 cm³/mol. The zero-order valence-electron chi connectivity index (χ0n) is 10.4. The number of ether oxygens (including phenoxy) is 1. The molecule has 1 aromatic carbocycles. The van der Waals surface area contributed by atoms with E-state index in [1.165, 1.54) is 12.0 Å². The number of likely N-dealkylation sites (tertiary alicyclic amines) is 1. The van der Waals surface area contributed by atoms with Gasteiger partial charge in [0.15, 0.2) is 0 Å². The van der Waals surface area contributed by atoms with Crippen LogP contribution < -0.4 is 4.74 Å². The normalized spacial score (nSPS) is 21.4. The van der Waals surface area contributed by atoms with Gasteiger partial charge in [-0.25, -0.2) is 0 Å². The number of benzene rings is 1. The van der Waals surface area contributed by atoms with Crippen molar-refractivity contribution < 1.29 is 9.84 Å². The number of hydrogen-bond acceptors (Lipinski definition) is 3. The zero-order chi connectivity index (χ0) is 12.1. The molecule has 0 aromatic heterocycles. The second kappa shape index (κ2) is 6.03. The summed E-state index contributed by atoms with van der Waals surface area (Å²) in [6, 6.07) is 8.16. The molecule has 1 N–H and O–H groups in total. The van der Waals surface area contributed by atoms with E-state index in [0.717, 1.165) is 31.8 Å². The van der Waals surface area contributed by atoms with Crippen LogP contribution in [0.5, 0.6) is 5.75 Å². The smallest absolute Gasteiger partial charge is 0.123 e. The summed E-state index contributed by atoms with van der Waals surface area (Å²) in [4.78, 5) is 2.40. The quantitative estimate of drug-likeness (QED) is 0.865. The lowest BCUT2D eigenvalue weighted by molar-refractivity contribution is 0.115. The van der Waals surface area contributed by atoms with Crippen LogP contribution in [-0.2, 0) is 6.54 Å². The number of aliphatic hydroxyl groups is 1. The van der Waals surface area contributed by atoms with E-state index in [0.29, 0.717) is 12.5 Å². The fourth-order valence-electron chi connectivity index (χ4n) is 2.52. The molecule has 0 spiro atoms. The molecule has 0 amide bonds. The highest BCUT2D eigenvalue weighted by Crippen LogP contribution is 2.22. The van der Waals surface area contributed by atoms with Crippen molar-refractivity contribution in [1.29, 1.82) is 0 Å². The van der Waals surface area contributed by atoms with E-state index in [4.69, 9.17) is 4.74 Å². The lowest BCUT2D eigenvalue weighted by atomic mass is 9.98. The maximum atomic E-state index is 9.22. The monoisotopic (exact) mass is 235 g/mol. The minimum Gasteiger partial charge on any atom is -0.496 e. The van der Waals surface area contributed by atoms with Crippen molar-refractivity contribution in [3.8, 4) is 5.75 Å². The summed E-state index contributed by atoms with van der Waals surface area (Å²) in [5.74, 6) is 1.40. The van der Waals surface area contributed by atoms with Crippen molar-refractivity contribution in [2.45, 2.75) is 19.4 Å². The van der Waals surface area contributed by atoms with Crippen LogP contribution in [0.4, 0.5) is 0 Å². The number of methoxy groups -OCH3 is 1. The topological polar surface area (TPSA) is 32.7 Å². The molecule has 2 rings (SSSR count). The molecule has 94 valence electrons. The second-order valence-electron chi connectivity index (χ2n) is 4.74. The average Bonchev–Trinajstić information content (AvgIpc) is 2.39.